The van der Waals surface area contributed by atoms with Gasteiger partial charge in [-0.3, -0.25) is 4.79 Å². The first-order valence-electron chi connectivity index (χ1n) is 5.62. The number of esters is 1. The van der Waals surface area contributed by atoms with Gasteiger partial charge in [-0.15, -0.1) is 0 Å². The molecule has 1 atom stereocenters. The van der Waals surface area contributed by atoms with E-state index in [1.165, 1.54) is 13.2 Å². The Bertz CT molecular complexity index is 413. The predicted molar refractivity (Wildman–Crippen MR) is 60.9 cm³/mol. The van der Waals surface area contributed by atoms with Gasteiger partial charge in [-0.05, 0) is 24.5 Å². The minimum atomic E-state index is -4.36. The summed E-state index contributed by atoms with van der Waals surface area (Å²) in [5.41, 5.74) is -0.207. The van der Waals surface area contributed by atoms with Crippen LogP contribution in [-0.4, -0.2) is 13.1 Å². The summed E-state index contributed by atoms with van der Waals surface area (Å²) in [4.78, 5) is 11.4. The second kappa shape index (κ2) is 5.89. The van der Waals surface area contributed by atoms with E-state index in [0.717, 1.165) is 12.1 Å². The van der Waals surface area contributed by atoms with Gasteiger partial charge in [0.2, 0.25) is 0 Å². The SMILES string of the molecule is CCC(Cc1cccc(C(F)(F)F)c1)C(=O)OC. The Kier molecular flexibility index (Phi) is 4.76. The number of hydrogen-bond acceptors (Lipinski definition) is 2. The van der Waals surface area contributed by atoms with Gasteiger partial charge in [0.05, 0.1) is 18.6 Å². The van der Waals surface area contributed by atoms with Gasteiger partial charge in [-0.1, -0.05) is 25.1 Å². The summed E-state index contributed by atoms with van der Waals surface area (Å²) in [6.07, 6.45) is -3.57. The highest BCUT2D eigenvalue weighted by molar-refractivity contribution is 5.72. The van der Waals surface area contributed by atoms with Gasteiger partial charge in [-0.2, -0.15) is 13.2 Å². The van der Waals surface area contributed by atoms with Crippen LogP contribution in [0.2, 0.25) is 0 Å². The van der Waals surface area contributed by atoms with Crippen molar-refractivity contribution < 1.29 is 22.7 Å². The molecule has 0 bridgehead atoms. The van der Waals surface area contributed by atoms with E-state index in [9.17, 15) is 18.0 Å². The van der Waals surface area contributed by atoms with Crippen molar-refractivity contribution in [2.24, 2.45) is 5.92 Å². The number of ether oxygens (including phenoxy) is 1. The third kappa shape index (κ3) is 3.75. The smallest absolute Gasteiger partial charge is 0.416 e. The average Bonchev–Trinajstić information content (AvgIpc) is 2.34. The van der Waals surface area contributed by atoms with Gasteiger partial charge in [0, 0.05) is 0 Å². The number of benzene rings is 1. The molecule has 0 aliphatic carbocycles. The van der Waals surface area contributed by atoms with E-state index in [2.05, 4.69) is 4.74 Å². The van der Waals surface area contributed by atoms with E-state index in [4.69, 9.17) is 0 Å². The van der Waals surface area contributed by atoms with Gasteiger partial charge >= 0.3 is 12.1 Å². The van der Waals surface area contributed by atoms with Crippen molar-refractivity contribution in [3.63, 3.8) is 0 Å². The molecule has 0 amide bonds. The Morgan fingerprint density at radius 3 is 2.56 bits per heavy atom. The van der Waals surface area contributed by atoms with E-state index in [1.54, 1.807) is 13.0 Å². The maximum Gasteiger partial charge on any atom is 0.416 e. The maximum atomic E-state index is 12.5. The number of hydrogen-bond donors (Lipinski definition) is 0. The van der Waals surface area contributed by atoms with E-state index in [1.807, 2.05) is 0 Å². The van der Waals surface area contributed by atoms with Gasteiger partial charge < -0.3 is 4.74 Å². The Labute approximate surface area is 104 Å². The number of carbonyl (C=O) groups is 1. The molecule has 0 N–H and O–H groups in total. The molecule has 1 rings (SSSR count). The third-order valence-electron chi connectivity index (χ3n) is 2.76. The Balaban J connectivity index is 2.88. The Morgan fingerprint density at radius 1 is 1.39 bits per heavy atom. The average molecular weight is 260 g/mol. The largest absolute Gasteiger partial charge is 0.469 e. The zero-order valence-electron chi connectivity index (χ0n) is 10.3. The molecule has 0 aromatic heterocycles. The first-order chi connectivity index (χ1) is 8.38. The zero-order valence-corrected chi connectivity index (χ0v) is 10.3. The number of methoxy groups -OCH3 is 1. The normalized spacial score (nSPS) is 13.2. The van der Waals surface area contributed by atoms with Crippen LogP contribution in [-0.2, 0) is 22.1 Å². The molecule has 18 heavy (non-hydrogen) atoms. The van der Waals surface area contributed by atoms with Crippen LogP contribution < -0.4 is 0 Å². The standard InChI is InChI=1S/C13H15F3O2/c1-3-10(12(17)18-2)7-9-5-4-6-11(8-9)13(14,15)16/h4-6,8,10H,3,7H2,1-2H3. The summed E-state index contributed by atoms with van der Waals surface area (Å²) in [5.74, 6) is -0.798. The number of rotatable bonds is 4. The van der Waals surface area contributed by atoms with E-state index >= 15 is 0 Å². The number of carbonyl (C=O) groups excluding carboxylic acids is 1. The molecule has 5 heteroatoms. The molecule has 0 saturated carbocycles. The summed E-state index contributed by atoms with van der Waals surface area (Å²) in [5, 5.41) is 0. The third-order valence-corrected chi connectivity index (χ3v) is 2.76. The van der Waals surface area contributed by atoms with Gasteiger partial charge in [-0.25, -0.2) is 0 Å². The summed E-state index contributed by atoms with van der Waals surface area (Å²) >= 11 is 0. The van der Waals surface area contributed by atoms with Crippen LogP contribution in [0.5, 0.6) is 0 Å². The molecule has 0 fully saturated rings. The fourth-order valence-corrected chi connectivity index (χ4v) is 1.72. The van der Waals surface area contributed by atoms with E-state index in [-0.39, 0.29) is 6.42 Å². The second-order valence-electron chi connectivity index (χ2n) is 4.03. The summed E-state index contributed by atoms with van der Waals surface area (Å²) in [6.45, 7) is 1.80. The molecule has 0 saturated heterocycles. The van der Waals surface area contributed by atoms with Crippen molar-refractivity contribution in [3.05, 3.63) is 35.4 Å². The molecule has 0 spiro atoms. The van der Waals surface area contributed by atoms with Crippen molar-refractivity contribution in [3.8, 4) is 0 Å². The van der Waals surface area contributed by atoms with Crippen LogP contribution in [0.3, 0.4) is 0 Å². The molecule has 1 aromatic rings. The minimum absolute atomic E-state index is 0.257. The van der Waals surface area contributed by atoms with Gasteiger partial charge in [0.25, 0.3) is 0 Å². The van der Waals surface area contributed by atoms with Crippen molar-refractivity contribution >= 4 is 5.97 Å². The Hall–Kier alpha value is -1.52. The Morgan fingerprint density at radius 2 is 2.06 bits per heavy atom. The molecule has 1 unspecified atom stereocenters. The van der Waals surface area contributed by atoms with Crippen LogP contribution in [0.1, 0.15) is 24.5 Å². The fourth-order valence-electron chi connectivity index (χ4n) is 1.72. The monoisotopic (exact) mass is 260 g/mol. The molecule has 1 aromatic carbocycles. The van der Waals surface area contributed by atoms with Gasteiger partial charge in [0.15, 0.2) is 0 Å². The molecular weight excluding hydrogens is 245 g/mol. The number of alkyl halides is 3. The summed E-state index contributed by atoms with van der Waals surface area (Å²) in [7, 11) is 1.27. The van der Waals surface area contributed by atoms with Crippen molar-refractivity contribution in [1.29, 1.82) is 0 Å². The fraction of sp³-hybridized carbons (Fsp3) is 0.462. The maximum absolute atomic E-state index is 12.5. The first-order valence-corrected chi connectivity index (χ1v) is 5.62. The molecule has 100 valence electrons. The highest BCUT2D eigenvalue weighted by atomic mass is 19.4. The topological polar surface area (TPSA) is 26.3 Å². The summed E-state index contributed by atoms with van der Waals surface area (Å²) < 4.78 is 42.2. The molecule has 0 aliphatic heterocycles. The molecular formula is C13H15F3O2. The predicted octanol–water partition coefficient (Wildman–Crippen LogP) is 3.45. The van der Waals surface area contributed by atoms with Gasteiger partial charge in [0.1, 0.15) is 0 Å². The zero-order chi connectivity index (χ0) is 13.8. The van der Waals surface area contributed by atoms with E-state index in [0.29, 0.717) is 12.0 Å². The van der Waals surface area contributed by atoms with Crippen molar-refractivity contribution in [1.82, 2.24) is 0 Å². The van der Waals surface area contributed by atoms with Crippen LogP contribution in [0, 0.1) is 5.92 Å². The highest BCUT2D eigenvalue weighted by Gasteiger charge is 2.30. The van der Waals surface area contributed by atoms with Crippen LogP contribution >= 0.6 is 0 Å². The second-order valence-corrected chi connectivity index (χ2v) is 4.03. The molecule has 0 radical (unpaired) electrons. The first kappa shape index (κ1) is 14.5. The molecule has 2 nitrogen and oxygen atoms in total. The molecule has 0 heterocycles. The van der Waals surface area contributed by atoms with Crippen LogP contribution in [0.25, 0.3) is 0 Å². The number of halogens is 3. The highest BCUT2D eigenvalue weighted by Crippen LogP contribution is 2.30. The van der Waals surface area contributed by atoms with Crippen LogP contribution in [0.15, 0.2) is 24.3 Å². The van der Waals surface area contributed by atoms with Crippen LogP contribution in [0.4, 0.5) is 13.2 Å². The quantitative estimate of drug-likeness (QED) is 0.775. The lowest BCUT2D eigenvalue weighted by atomic mass is 9.96. The van der Waals surface area contributed by atoms with Crippen molar-refractivity contribution in [2.75, 3.05) is 7.11 Å². The summed E-state index contributed by atoms with van der Waals surface area (Å²) in [6, 6.07) is 5.02. The lowest BCUT2D eigenvalue weighted by molar-refractivity contribution is -0.145. The molecule has 0 aliphatic rings. The minimum Gasteiger partial charge on any atom is -0.469 e. The lowest BCUT2D eigenvalue weighted by Crippen LogP contribution is -2.18. The van der Waals surface area contributed by atoms with Crippen molar-refractivity contribution in [2.45, 2.75) is 25.9 Å². The van der Waals surface area contributed by atoms with E-state index < -0.39 is 23.6 Å². The lowest BCUT2D eigenvalue weighted by Gasteiger charge is -2.13.